The van der Waals surface area contributed by atoms with Gasteiger partial charge in [-0.15, -0.1) is 0 Å². The van der Waals surface area contributed by atoms with E-state index in [0.717, 1.165) is 31.6 Å². The highest BCUT2D eigenvalue weighted by Crippen LogP contribution is 2.20. The van der Waals surface area contributed by atoms with Gasteiger partial charge in [0, 0.05) is 19.7 Å². The molecule has 1 aromatic carbocycles. The van der Waals surface area contributed by atoms with E-state index in [2.05, 4.69) is 11.8 Å². The normalized spacial score (nSPS) is 10.7. The van der Waals surface area contributed by atoms with Crippen LogP contribution in [-0.2, 0) is 6.54 Å². The highest BCUT2D eigenvalue weighted by molar-refractivity contribution is 5.97. The quantitative estimate of drug-likeness (QED) is 0.487. The van der Waals surface area contributed by atoms with Crippen LogP contribution in [0.1, 0.15) is 24.5 Å². The predicted molar refractivity (Wildman–Crippen MR) is 76.7 cm³/mol. The van der Waals surface area contributed by atoms with Gasteiger partial charge in [-0.1, -0.05) is 13.0 Å². The van der Waals surface area contributed by atoms with Crippen molar-refractivity contribution in [2.45, 2.75) is 19.9 Å². The van der Waals surface area contributed by atoms with Crippen LogP contribution in [0.4, 0.5) is 0 Å². The Bertz CT molecular complexity index is 421. The van der Waals surface area contributed by atoms with Crippen LogP contribution in [0.5, 0.6) is 5.75 Å². The molecule has 0 saturated heterocycles. The van der Waals surface area contributed by atoms with Crippen molar-refractivity contribution in [3.63, 3.8) is 0 Å². The maximum Gasteiger partial charge on any atom is 0.129 e. The van der Waals surface area contributed by atoms with Gasteiger partial charge in [-0.2, -0.15) is 0 Å². The molecule has 0 heterocycles. The standard InChI is InChI=1S/C14H23N3O2/c1-3-17(7-4-8-18)10-11-5-6-13(19-2)12(9-11)14(15)16/h5-6,9,18H,3-4,7-8,10H2,1-2H3,(H3,15,16). The molecule has 1 rings (SSSR count). The summed E-state index contributed by atoms with van der Waals surface area (Å²) in [5.41, 5.74) is 7.27. The van der Waals surface area contributed by atoms with Gasteiger partial charge in [0.2, 0.25) is 0 Å². The highest BCUT2D eigenvalue weighted by Gasteiger charge is 2.09. The van der Waals surface area contributed by atoms with Crippen LogP contribution in [0.15, 0.2) is 18.2 Å². The molecule has 5 heteroatoms. The molecule has 0 bridgehead atoms. The fraction of sp³-hybridized carbons (Fsp3) is 0.500. The second-order valence-corrected chi connectivity index (χ2v) is 4.39. The summed E-state index contributed by atoms with van der Waals surface area (Å²) in [4.78, 5) is 2.24. The van der Waals surface area contributed by atoms with Crippen molar-refractivity contribution in [2.24, 2.45) is 5.73 Å². The highest BCUT2D eigenvalue weighted by atomic mass is 16.5. The van der Waals surface area contributed by atoms with Crippen molar-refractivity contribution < 1.29 is 9.84 Å². The minimum atomic E-state index is 0.0112. The summed E-state index contributed by atoms with van der Waals surface area (Å²) in [7, 11) is 1.57. The molecule has 1 aromatic rings. The molecule has 4 N–H and O–H groups in total. The first-order valence-electron chi connectivity index (χ1n) is 6.46. The van der Waals surface area contributed by atoms with Crippen molar-refractivity contribution in [1.29, 1.82) is 5.41 Å². The Kier molecular flexibility index (Phi) is 6.32. The number of nitrogens with zero attached hydrogens (tertiary/aromatic N) is 1. The lowest BCUT2D eigenvalue weighted by molar-refractivity contribution is 0.225. The number of rotatable bonds is 8. The molecule has 0 aliphatic carbocycles. The third-order valence-electron chi connectivity index (χ3n) is 3.04. The van der Waals surface area contributed by atoms with Gasteiger partial charge in [-0.05, 0) is 30.7 Å². The molecule has 0 fully saturated rings. The first-order chi connectivity index (χ1) is 9.12. The zero-order valence-electron chi connectivity index (χ0n) is 11.6. The van der Waals surface area contributed by atoms with Gasteiger partial charge in [0.1, 0.15) is 11.6 Å². The molecule has 5 nitrogen and oxygen atoms in total. The van der Waals surface area contributed by atoms with Crippen LogP contribution in [0, 0.1) is 5.41 Å². The third kappa shape index (κ3) is 4.54. The number of ether oxygens (including phenoxy) is 1. The molecule has 0 aromatic heterocycles. The SMILES string of the molecule is CCN(CCCO)Cc1ccc(OC)c(C(=N)N)c1. The number of nitrogens with one attached hydrogen (secondary N) is 1. The lowest BCUT2D eigenvalue weighted by atomic mass is 10.1. The zero-order valence-corrected chi connectivity index (χ0v) is 11.6. The molecule has 0 aliphatic rings. The molecule has 106 valence electrons. The van der Waals surface area contributed by atoms with Gasteiger partial charge < -0.3 is 15.6 Å². The maximum atomic E-state index is 8.87. The van der Waals surface area contributed by atoms with E-state index >= 15 is 0 Å². The average molecular weight is 265 g/mol. The topological polar surface area (TPSA) is 82.6 Å². The number of amidine groups is 1. The smallest absolute Gasteiger partial charge is 0.129 e. The number of nitrogens with two attached hydrogens (primary N) is 1. The number of aliphatic hydroxyl groups excluding tert-OH is 1. The molecular formula is C14H23N3O2. The van der Waals surface area contributed by atoms with E-state index in [1.165, 1.54) is 0 Å². The Morgan fingerprint density at radius 1 is 1.47 bits per heavy atom. The van der Waals surface area contributed by atoms with Crippen molar-refractivity contribution >= 4 is 5.84 Å². The summed E-state index contributed by atoms with van der Waals surface area (Å²) in [6.07, 6.45) is 0.767. The van der Waals surface area contributed by atoms with E-state index in [9.17, 15) is 0 Å². The van der Waals surface area contributed by atoms with Gasteiger partial charge in [0.25, 0.3) is 0 Å². The summed E-state index contributed by atoms with van der Waals surface area (Å²) in [6, 6.07) is 5.71. The molecule has 0 radical (unpaired) electrons. The van der Waals surface area contributed by atoms with Gasteiger partial charge in [0.15, 0.2) is 0 Å². The summed E-state index contributed by atoms with van der Waals surface area (Å²) in [5, 5.41) is 16.4. The van der Waals surface area contributed by atoms with E-state index in [-0.39, 0.29) is 12.4 Å². The van der Waals surface area contributed by atoms with E-state index in [0.29, 0.717) is 11.3 Å². The number of nitrogen functional groups attached to an aromatic ring is 1. The fourth-order valence-corrected chi connectivity index (χ4v) is 1.97. The van der Waals surface area contributed by atoms with Crippen LogP contribution in [-0.4, -0.2) is 42.6 Å². The molecule has 0 saturated carbocycles. The zero-order chi connectivity index (χ0) is 14.3. The molecule has 0 aliphatic heterocycles. The van der Waals surface area contributed by atoms with E-state index < -0.39 is 0 Å². The molecule has 0 unspecified atom stereocenters. The molecule has 0 amide bonds. The van der Waals surface area contributed by atoms with E-state index in [1.807, 2.05) is 18.2 Å². The Morgan fingerprint density at radius 3 is 2.74 bits per heavy atom. The van der Waals surface area contributed by atoms with Crippen molar-refractivity contribution in [2.75, 3.05) is 26.8 Å². The fourth-order valence-electron chi connectivity index (χ4n) is 1.97. The molecule has 19 heavy (non-hydrogen) atoms. The van der Waals surface area contributed by atoms with Gasteiger partial charge in [-0.3, -0.25) is 10.3 Å². The maximum absolute atomic E-state index is 8.87. The summed E-state index contributed by atoms with van der Waals surface area (Å²) in [6.45, 7) is 4.85. The lowest BCUT2D eigenvalue weighted by Gasteiger charge is -2.20. The largest absolute Gasteiger partial charge is 0.496 e. The average Bonchev–Trinajstić information content (AvgIpc) is 2.43. The molecule has 0 spiro atoms. The second-order valence-electron chi connectivity index (χ2n) is 4.39. The summed E-state index contributed by atoms with van der Waals surface area (Å²) < 4.78 is 5.19. The lowest BCUT2D eigenvalue weighted by Crippen LogP contribution is -2.25. The first kappa shape index (κ1) is 15.5. The number of benzene rings is 1. The third-order valence-corrected chi connectivity index (χ3v) is 3.04. The Balaban J connectivity index is 2.83. The van der Waals surface area contributed by atoms with Gasteiger partial charge >= 0.3 is 0 Å². The predicted octanol–water partition coefficient (Wildman–Crippen LogP) is 1.18. The van der Waals surface area contributed by atoms with Crippen LogP contribution in [0.2, 0.25) is 0 Å². The van der Waals surface area contributed by atoms with Gasteiger partial charge in [0.05, 0.1) is 12.7 Å². The van der Waals surface area contributed by atoms with Crippen molar-refractivity contribution in [1.82, 2.24) is 4.90 Å². The summed E-state index contributed by atoms with van der Waals surface area (Å²) >= 11 is 0. The van der Waals surface area contributed by atoms with Crippen LogP contribution in [0.25, 0.3) is 0 Å². The minimum absolute atomic E-state index is 0.0112. The number of methoxy groups -OCH3 is 1. The first-order valence-corrected chi connectivity index (χ1v) is 6.46. The second kappa shape index (κ2) is 7.76. The van der Waals surface area contributed by atoms with Crippen LogP contribution < -0.4 is 10.5 Å². The van der Waals surface area contributed by atoms with E-state index in [4.69, 9.17) is 21.0 Å². The van der Waals surface area contributed by atoms with Crippen molar-refractivity contribution in [3.8, 4) is 5.75 Å². The summed E-state index contributed by atoms with van der Waals surface area (Å²) in [5.74, 6) is 0.631. The number of hydrogen-bond donors (Lipinski definition) is 3. The molecule has 0 atom stereocenters. The van der Waals surface area contributed by atoms with Crippen molar-refractivity contribution in [3.05, 3.63) is 29.3 Å². The van der Waals surface area contributed by atoms with Crippen LogP contribution in [0.3, 0.4) is 0 Å². The monoisotopic (exact) mass is 265 g/mol. The number of aliphatic hydroxyl groups is 1. The molecular weight excluding hydrogens is 242 g/mol. The van der Waals surface area contributed by atoms with Crippen LogP contribution >= 0.6 is 0 Å². The Labute approximate surface area is 114 Å². The van der Waals surface area contributed by atoms with Gasteiger partial charge in [-0.25, -0.2) is 0 Å². The minimum Gasteiger partial charge on any atom is -0.496 e. The van der Waals surface area contributed by atoms with E-state index in [1.54, 1.807) is 7.11 Å². The number of hydrogen-bond acceptors (Lipinski definition) is 4. The Hall–Kier alpha value is -1.59. The Morgan fingerprint density at radius 2 is 2.21 bits per heavy atom.